The molecule has 2 N–H and O–H groups in total. The summed E-state index contributed by atoms with van der Waals surface area (Å²) in [5.74, 6) is 0.185. The molecule has 1 aromatic carbocycles. The van der Waals surface area contributed by atoms with E-state index in [4.69, 9.17) is 18.0 Å². The van der Waals surface area contributed by atoms with Gasteiger partial charge in [0.05, 0.1) is 6.42 Å². The smallest absolute Gasteiger partial charge is 0.227 e. The normalized spacial score (nSPS) is 23.1. The highest BCUT2D eigenvalue weighted by atomic mass is 32.1. The molecule has 1 heterocycles. The highest BCUT2D eigenvalue weighted by molar-refractivity contribution is 7.80. The highest BCUT2D eigenvalue weighted by Gasteiger charge is 2.29. The Labute approximate surface area is 131 Å². The van der Waals surface area contributed by atoms with Crippen LogP contribution < -0.4 is 5.73 Å². The maximum Gasteiger partial charge on any atom is 0.227 e. The van der Waals surface area contributed by atoms with Crippen molar-refractivity contribution in [2.45, 2.75) is 32.4 Å². The zero-order chi connectivity index (χ0) is 15.6. The van der Waals surface area contributed by atoms with E-state index in [0.717, 1.165) is 24.2 Å². The predicted molar refractivity (Wildman–Crippen MR) is 89.3 cm³/mol. The van der Waals surface area contributed by atoms with Crippen molar-refractivity contribution >= 4 is 23.1 Å². The molecule has 1 aliphatic heterocycles. The minimum absolute atomic E-state index is 0.185. The van der Waals surface area contributed by atoms with Crippen molar-refractivity contribution in [2.24, 2.45) is 5.73 Å². The van der Waals surface area contributed by atoms with Crippen LogP contribution in [0.15, 0.2) is 24.3 Å². The van der Waals surface area contributed by atoms with E-state index < -0.39 is 0 Å². The first kappa shape index (κ1) is 15.9. The number of nitrogens with two attached hydrogens (primary N) is 1. The number of hydrogen-bond acceptors (Lipinski definition) is 3. The maximum atomic E-state index is 12.4. The topological polar surface area (TPSA) is 49.6 Å². The van der Waals surface area contributed by atoms with Gasteiger partial charge in [0.15, 0.2) is 0 Å². The van der Waals surface area contributed by atoms with E-state index in [1.54, 1.807) is 0 Å². The minimum atomic E-state index is 0.185. The van der Waals surface area contributed by atoms with Crippen LogP contribution in [0.4, 0.5) is 0 Å². The summed E-state index contributed by atoms with van der Waals surface area (Å²) < 4.78 is 0. The number of likely N-dealkylation sites (N-methyl/N-ethyl adjacent to an activating group) is 1. The molecule has 2 rings (SSSR count). The molecule has 0 bridgehead atoms. The lowest BCUT2D eigenvalue weighted by molar-refractivity contribution is -0.134. The van der Waals surface area contributed by atoms with Crippen molar-refractivity contribution < 1.29 is 4.79 Å². The molecule has 1 fully saturated rings. The Morgan fingerprint density at radius 2 is 1.76 bits per heavy atom. The third-order valence-corrected chi connectivity index (χ3v) is 4.54. The van der Waals surface area contributed by atoms with E-state index in [-0.39, 0.29) is 5.91 Å². The average Bonchev–Trinajstić information content (AvgIpc) is 2.44. The van der Waals surface area contributed by atoms with Gasteiger partial charge in [-0.2, -0.15) is 0 Å². The molecule has 1 aromatic rings. The number of hydrogen-bond donors (Lipinski definition) is 1. The number of carbonyl (C=O) groups is 1. The second kappa shape index (κ2) is 6.54. The van der Waals surface area contributed by atoms with Gasteiger partial charge in [0.25, 0.3) is 0 Å². The number of piperazine rings is 1. The van der Waals surface area contributed by atoms with Gasteiger partial charge in [0.1, 0.15) is 4.99 Å². The molecule has 21 heavy (non-hydrogen) atoms. The summed E-state index contributed by atoms with van der Waals surface area (Å²) in [5.41, 5.74) is 7.41. The van der Waals surface area contributed by atoms with Gasteiger partial charge >= 0.3 is 0 Å². The van der Waals surface area contributed by atoms with Gasteiger partial charge in [-0.05, 0) is 26.5 Å². The Kier molecular flexibility index (Phi) is 4.96. The number of benzene rings is 1. The second-order valence-electron chi connectivity index (χ2n) is 5.90. The molecule has 5 heteroatoms. The van der Waals surface area contributed by atoms with E-state index >= 15 is 0 Å². The number of amides is 1. The van der Waals surface area contributed by atoms with E-state index in [9.17, 15) is 4.79 Å². The molecule has 0 saturated carbocycles. The molecular weight excluding hydrogens is 282 g/mol. The summed E-state index contributed by atoms with van der Waals surface area (Å²) in [4.78, 5) is 17.1. The largest absolute Gasteiger partial charge is 0.389 e. The molecule has 2 unspecified atom stereocenters. The Balaban J connectivity index is 1.99. The van der Waals surface area contributed by atoms with Crippen molar-refractivity contribution in [2.75, 3.05) is 20.1 Å². The van der Waals surface area contributed by atoms with Gasteiger partial charge < -0.3 is 10.6 Å². The molecule has 2 atom stereocenters. The fourth-order valence-corrected chi connectivity index (χ4v) is 2.82. The van der Waals surface area contributed by atoms with E-state index in [1.165, 1.54) is 0 Å². The number of thiocarbonyl (C=S) groups is 1. The van der Waals surface area contributed by atoms with E-state index in [2.05, 4.69) is 25.8 Å². The van der Waals surface area contributed by atoms with Crippen molar-refractivity contribution in [3.8, 4) is 0 Å². The first-order valence-electron chi connectivity index (χ1n) is 7.27. The van der Waals surface area contributed by atoms with Crippen LogP contribution in [0.25, 0.3) is 0 Å². The lowest BCUT2D eigenvalue weighted by Crippen LogP contribution is -2.56. The summed E-state index contributed by atoms with van der Waals surface area (Å²) in [6.45, 7) is 5.91. The lowest BCUT2D eigenvalue weighted by atomic mass is 10.1. The highest BCUT2D eigenvalue weighted by Crippen LogP contribution is 2.15. The molecule has 114 valence electrons. The predicted octanol–water partition coefficient (Wildman–Crippen LogP) is 1.41. The maximum absolute atomic E-state index is 12.4. The van der Waals surface area contributed by atoms with Crippen LogP contribution >= 0.6 is 12.2 Å². The summed E-state index contributed by atoms with van der Waals surface area (Å²) in [6.07, 6.45) is 0.431. The molecule has 1 amide bonds. The Bertz CT molecular complexity index is 517. The number of rotatable bonds is 3. The van der Waals surface area contributed by atoms with Crippen LogP contribution in [0.3, 0.4) is 0 Å². The van der Waals surface area contributed by atoms with Crippen LogP contribution in [0.2, 0.25) is 0 Å². The Morgan fingerprint density at radius 1 is 1.24 bits per heavy atom. The first-order valence-corrected chi connectivity index (χ1v) is 7.67. The zero-order valence-corrected chi connectivity index (χ0v) is 13.7. The molecule has 0 aromatic heterocycles. The zero-order valence-electron chi connectivity index (χ0n) is 12.9. The molecule has 1 aliphatic rings. The Hall–Kier alpha value is -1.46. The summed E-state index contributed by atoms with van der Waals surface area (Å²) in [7, 11) is 2.12. The SMILES string of the molecule is CC1CN(C(=O)Cc2ccc(C(N)=S)cc2)CC(C)N1C. The molecule has 4 nitrogen and oxygen atoms in total. The van der Waals surface area contributed by atoms with Crippen LogP contribution in [0.5, 0.6) is 0 Å². The molecule has 0 spiro atoms. The van der Waals surface area contributed by atoms with Crippen LogP contribution in [0, 0.1) is 0 Å². The average molecular weight is 305 g/mol. The number of carbonyl (C=O) groups excluding carboxylic acids is 1. The summed E-state index contributed by atoms with van der Waals surface area (Å²) in [6, 6.07) is 8.40. The van der Waals surface area contributed by atoms with Crippen molar-refractivity contribution in [1.82, 2.24) is 9.80 Å². The fourth-order valence-electron chi connectivity index (χ4n) is 2.68. The third-order valence-electron chi connectivity index (χ3n) is 4.31. The number of nitrogens with zero attached hydrogens (tertiary/aromatic N) is 2. The third kappa shape index (κ3) is 3.80. The van der Waals surface area contributed by atoms with Crippen LogP contribution in [-0.4, -0.2) is 52.9 Å². The van der Waals surface area contributed by atoms with Gasteiger partial charge in [-0.25, -0.2) is 0 Å². The van der Waals surface area contributed by atoms with Gasteiger partial charge in [-0.15, -0.1) is 0 Å². The van der Waals surface area contributed by atoms with Crippen molar-refractivity contribution in [3.05, 3.63) is 35.4 Å². The molecule has 0 aliphatic carbocycles. The summed E-state index contributed by atoms with van der Waals surface area (Å²) in [5, 5.41) is 0. The lowest BCUT2D eigenvalue weighted by Gasteiger charge is -2.42. The van der Waals surface area contributed by atoms with Crippen molar-refractivity contribution in [3.63, 3.8) is 0 Å². The fraction of sp³-hybridized carbons (Fsp3) is 0.500. The van der Waals surface area contributed by atoms with Gasteiger partial charge in [0, 0.05) is 30.7 Å². The molecule has 0 radical (unpaired) electrons. The van der Waals surface area contributed by atoms with Crippen molar-refractivity contribution in [1.29, 1.82) is 0 Å². The standard InChI is InChI=1S/C16H23N3OS/c1-11-9-19(10-12(2)18(11)3)15(20)8-13-4-6-14(7-5-13)16(17)21/h4-7,11-12H,8-10H2,1-3H3,(H2,17,21). The van der Waals surface area contributed by atoms with E-state index in [1.807, 2.05) is 29.2 Å². The monoisotopic (exact) mass is 305 g/mol. The first-order chi connectivity index (χ1) is 9.88. The van der Waals surface area contributed by atoms with Crippen LogP contribution in [-0.2, 0) is 11.2 Å². The van der Waals surface area contributed by atoms with Gasteiger partial charge in [-0.3, -0.25) is 9.69 Å². The van der Waals surface area contributed by atoms with Gasteiger partial charge in [0.2, 0.25) is 5.91 Å². The molecular formula is C16H23N3OS. The van der Waals surface area contributed by atoms with Crippen LogP contribution in [0.1, 0.15) is 25.0 Å². The second-order valence-corrected chi connectivity index (χ2v) is 6.34. The van der Waals surface area contributed by atoms with Gasteiger partial charge in [-0.1, -0.05) is 36.5 Å². The summed E-state index contributed by atoms with van der Waals surface area (Å²) >= 11 is 4.93. The van der Waals surface area contributed by atoms with E-state index in [0.29, 0.717) is 23.5 Å². The minimum Gasteiger partial charge on any atom is -0.389 e. The molecule has 1 saturated heterocycles. The Morgan fingerprint density at radius 3 is 2.24 bits per heavy atom. The quantitative estimate of drug-likeness (QED) is 0.858.